The molecule has 24 heavy (non-hydrogen) atoms. The molecule has 5 nitrogen and oxygen atoms in total. The van der Waals surface area contributed by atoms with Crippen LogP contribution in [0.1, 0.15) is 31.8 Å². The smallest absolute Gasteiger partial charge is 0.343 e. The van der Waals surface area contributed by atoms with Crippen LogP contribution in [0.2, 0.25) is 0 Å². The van der Waals surface area contributed by atoms with Crippen molar-refractivity contribution >= 4 is 23.7 Å². The summed E-state index contributed by atoms with van der Waals surface area (Å²) in [4.78, 5) is 23.7. The van der Waals surface area contributed by atoms with E-state index in [4.69, 9.17) is 9.47 Å². The van der Waals surface area contributed by atoms with E-state index in [1.807, 2.05) is 25.3 Å². The first-order valence-corrected chi connectivity index (χ1v) is 8.58. The number of aryl methyl sites for hydroxylation is 1. The summed E-state index contributed by atoms with van der Waals surface area (Å²) in [5.74, 6) is -0.594. The van der Waals surface area contributed by atoms with Gasteiger partial charge in [-0.15, -0.1) is 0 Å². The Bertz CT molecular complexity index is 770. The normalized spacial score (nSPS) is 10.3. The third-order valence-corrected chi connectivity index (χ3v) is 4.06. The molecule has 0 aromatic heterocycles. The predicted molar refractivity (Wildman–Crippen MR) is 93.3 cm³/mol. The Hall–Kier alpha value is -2.47. The minimum atomic E-state index is -1.06. The third kappa shape index (κ3) is 3.89. The van der Waals surface area contributed by atoms with Gasteiger partial charge in [-0.1, -0.05) is 18.2 Å². The molecule has 0 bridgehead atoms. The molecule has 0 unspecified atom stereocenters. The number of carbonyl (C=O) groups excluding carboxylic acids is 1. The molecule has 0 saturated carbocycles. The second-order valence-electron chi connectivity index (χ2n) is 5.11. The number of thioether (sulfide) groups is 1. The molecule has 0 saturated heterocycles. The fourth-order valence-electron chi connectivity index (χ4n) is 2.26. The number of esters is 1. The van der Waals surface area contributed by atoms with Gasteiger partial charge in [0, 0.05) is 11.3 Å². The highest BCUT2D eigenvalue weighted by atomic mass is 32.2. The molecular weight excluding hydrogens is 328 g/mol. The Morgan fingerprint density at radius 2 is 1.92 bits per heavy atom. The Kier molecular flexibility index (Phi) is 5.87. The van der Waals surface area contributed by atoms with Crippen LogP contribution in [0.3, 0.4) is 0 Å². The van der Waals surface area contributed by atoms with Gasteiger partial charge in [0.2, 0.25) is 0 Å². The van der Waals surface area contributed by atoms with Crippen LogP contribution in [0.4, 0.5) is 0 Å². The zero-order valence-corrected chi connectivity index (χ0v) is 14.5. The van der Waals surface area contributed by atoms with Crippen LogP contribution < -0.4 is 9.47 Å². The van der Waals surface area contributed by atoms with Crippen LogP contribution in [0, 0.1) is 6.92 Å². The van der Waals surface area contributed by atoms with E-state index in [0.717, 1.165) is 5.56 Å². The Morgan fingerprint density at radius 3 is 2.50 bits per heavy atom. The fraction of sp³-hybridized carbons (Fsp3) is 0.222. The van der Waals surface area contributed by atoms with Crippen molar-refractivity contribution < 1.29 is 24.2 Å². The molecule has 6 heteroatoms. The molecular formula is C18H18O5S. The Morgan fingerprint density at radius 1 is 1.21 bits per heavy atom. The van der Waals surface area contributed by atoms with Crippen molar-refractivity contribution in [3.05, 3.63) is 58.7 Å². The zero-order valence-electron chi connectivity index (χ0n) is 13.7. The molecule has 0 aliphatic rings. The lowest BCUT2D eigenvalue weighted by Gasteiger charge is -2.15. The SMILES string of the molecule is COc1cc(C(=O)O)cc(CSC)c1OC(=O)c1ccccc1C. The molecule has 0 aliphatic carbocycles. The molecule has 0 amide bonds. The molecule has 0 fully saturated rings. The number of benzene rings is 2. The lowest BCUT2D eigenvalue weighted by Crippen LogP contribution is -2.13. The van der Waals surface area contributed by atoms with Gasteiger partial charge in [0.15, 0.2) is 11.5 Å². The van der Waals surface area contributed by atoms with Gasteiger partial charge in [-0.2, -0.15) is 11.8 Å². The molecule has 0 radical (unpaired) electrons. The Labute approximate surface area is 144 Å². The quantitative estimate of drug-likeness (QED) is 0.634. The van der Waals surface area contributed by atoms with Crippen molar-refractivity contribution in [1.29, 1.82) is 0 Å². The second-order valence-corrected chi connectivity index (χ2v) is 5.98. The first-order valence-electron chi connectivity index (χ1n) is 7.19. The van der Waals surface area contributed by atoms with Crippen LogP contribution in [0.15, 0.2) is 36.4 Å². The van der Waals surface area contributed by atoms with Crippen LogP contribution in [-0.2, 0) is 5.75 Å². The zero-order chi connectivity index (χ0) is 17.7. The summed E-state index contributed by atoms with van der Waals surface area (Å²) in [7, 11) is 1.41. The van der Waals surface area contributed by atoms with E-state index in [1.54, 1.807) is 12.1 Å². The summed E-state index contributed by atoms with van der Waals surface area (Å²) in [6.07, 6.45) is 1.88. The number of hydrogen-bond acceptors (Lipinski definition) is 5. The van der Waals surface area contributed by atoms with Crippen molar-refractivity contribution in [3.63, 3.8) is 0 Å². The summed E-state index contributed by atoms with van der Waals surface area (Å²) in [6, 6.07) is 9.97. The van der Waals surface area contributed by atoms with Crippen molar-refractivity contribution in [2.24, 2.45) is 0 Å². The third-order valence-electron chi connectivity index (χ3n) is 3.46. The lowest BCUT2D eigenvalue weighted by atomic mass is 10.1. The molecule has 2 aromatic carbocycles. The van der Waals surface area contributed by atoms with E-state index in [-0.39, 0.29) is 17.1 Å². The molecule has 2 aromatic rings. The fourth-order valence-corrected chi connectivity index (χ4v) is 2.79. The van der Waals surface area contributed by atoms with Gasteiger partial charge in [0.05, 0.1) is 18.2 Å². The molecule has 1 N–H and O–H groups in total. The highest BCUT2D eigenvalue weighted by Gasteiger charge is 2.20. The van der Waals surface area contributed by atoms with E-state index in [1.165, 1.54) is 31.0 Å². The monoisotopic (exact) mass is 346 g/mol. The summed E-state index contributed by atoms with van der Waals surface area (Å²) in [5.41, 5.74) is 1.94. The maximum absolute atomic E-state index is 12.5. The predicted octanol–water partition coefficient (Wildman–Crippen LogP) is 3.78. The van der Waals surface area contributed by atoms with Crippen molar-refractivity contribution in [2.45, 2.75) is 12.7 Å². The van der Waals surface area contributed by atoms with Gasteiger partial charge < -0.3 is 14.6 Å². The standard InChI is InChI=1S/C18H18O5S/c1-11-6-4-5-7-14(11)18(21)23-16-13(10-24-3)8-12(17(19)20)9-15(16)22-2/h4-9H,10H2,1-3H3,(H,19,20). The van der Waals surface area contributed by atoms with E-state index < -0.39 is 11.9 Å². The first-order chi connectivity index (χ1) is 11.5. The topological polar surface area (TPSA) is 72.8 Å². The average molecular weight is 346 g/mol. The molecule has 0 spiro atoms. The van der Waals surface area contributed by atoms with Gasteiger partial charge in [0.25, 0.3) is 0 Å². The molecule has 0 heterocycles. The number of hydrogen-bond donors (Lipinski definition) is 1. The number of carboxylic acids is 1. The Balaban J connectivity index is 2.46. The van der Waals surface area contributed by atoms with Crippen LogP contribution in [-0.4, -0.2) is 30.4 Å². The van der Waals surface area contributed by atoms with Gasteiger partial charge in [-0.3, -0.25) is 0 Å². The number of rotatable bonds is 6. The van der Waals surface area contributed by atoms with Crippen molar-refractivity contribution in [2.75, 3.05) is 13.4 Å². The summed E-state index contributed by atoms with van der Waals surface area (Å²) >= 11 is 1.49. The molecule has 126 valence electrons. The highest BCUT2D eigenvalue weighted by molar-refractivity contribution is 7.97. The first kappa shape index (κ1) is 17.9. The number of carboxylic acid groups (broad SMARTS) is 1. The van der Waals surface area contributed by atoms with E-state index in [0.29, 0.717) is 16.9 Å². The maximum atomic E-state index is 12.5. The van der Waals surface area contributed by atoms with Gasteiger partial charge in [-0.25, -0.2) is 9.59 Å². The van der Waals surface area contributed by atoms with E-state index in [9.17, 15) is 14.7 Å². The summed E-state index contributed by atoms with van der Waals surface area (Å²) in [6.45, 7) is 1.82. The summed E-state index contributed by atoms with van der Waals surface area (Å²) in [5, 5.41) is 9.21. The number of aromatic carboxylic acids is 1. The average Bonchev–Trinajstić information content (AvgIpc) is 2.56. The van der Waals surface area contributed by atoms with Crippen LogP contribution in [0.5, 0.6) is 11.5 Å². The van der Waals surface area contributed by atoms with Crippen molar-refractivity contribution in [1.82, 2.24) is 0 Å². The molecule has 0 atom stereocenters. The highest BCUT2D eigenvalue weighted by Crippen LogP contribution is 2.35. The summed E-state index contributed by atoms with van der Waals surface area (Å²) < 4.78 is 10.8. The number of methoxy groups -OCH3 is 1. The van der Waals surface area contributed by atoms with Crippen molar-refractivity contribution in [3.8, 4) is 11.5 Å². The molecule has 2 rings (SSSR count). The largest absolute Gasteiger partial charge is 0.493 e. The van der Waals surface area contributed by atoms with Gasteiger partial charge in [0.1, 0.15) is 0 Å². The second kappa shape index (κ2) is 7.88. The van der Waals surface area contributed by atoms with Gasteiger partial charge >= 0.3 is 11.9 Å². The lowest BCUT2D eigenvalue weighted by molar-refractivity contribution is 0.0696. The number of ether oxygens (including phenoxy) is 2. The maximum Gasteiger partial charge on any atom is 0.343 e. The molecule has 0 aliphatic heterocycles. The van der Waals surface area contributed by atoms with E-state index >= 15 is 0 Å². The minimum absolute atomic E-state index is 0.0894. The van der Waals surface area contributed by atoms with E-state index in [2.05, 4.69) is 0 Å². The number of carbonyl (C=O) groups is 2. The minimum Gasteiger partial charge on any atom is -0.493 e. The van der Waals surface area contributed by atoms with Crippen LogP contribution >= 0.6 is 11.8 Å². The van der Waals surface area contributed by atoms with Gasteiger partial charge in [-0.05, 0) is 36.9 Å². The van der Waals surface area contributed by atoms with Crippen LogP contribution in [0.25, 0.3) is 0 Å².